The number of nitrogens with one attached hydrogen (secondary N) is 1. The Morgan fingerprint density at radius 2 is 2.07 bits per heavy atom. The van der Waals surface area contributed by atoms with Gasteiger partial charge in [0.25, 0.3) is 0 Å². The third-order valence-electron chi connectivity index (χ3n) is 4.68. The van der Waals surface area contributed by atoms with Gasteiger partial charge in [-0.05, 0) is 30.2 Å². The Morgan fingerprint density at radius 3 is 2.89 bits per heavy atom. The fourth-order valence-electron chi connectivity index (χ4n) is 3.23. The second-order valence-electron chi connectivity index (χ2n) is 6.60. The lowest BCUT2D eigenvalue weighted by Gasteiger charge is -2.16. The van der Waals surface area contributed by atoms with Crippen molar-refractivity contribution < 1.29 is 14.0 Å². The number of amides is 2. The smallest absolute Gasteiger partial charge is 0.231 e. The summed E-state index contributed by atoms with van der Waals surface area (Å²) in [7, 11) is 0. The molecule has 1 aliphatic heterocycles. The highest BCUT2D eigenvalue weighted by Gasteiger charge is 2.34. The van der Waals surface area contributed by atoms with Crippen molar-refractivity contribution in [3.8, 4) is 0 Å². The molecule has 1 atom stereocenters. The Morgan fingerprint density at radius 1 is 1.26 bits per heavy atom. The molecule has 0 saturated carbocycles. The zero-order valence-electron chi connectivity index (χ0n) is 14.5. The number of nitrogens with zero attached hydrogens (tertiary/aromatic N) is 2. The number of hydrogen-bond acceptors (Lipinski definition) is 4. The van der Waals surface area contributed by atoms with Crippen LogP contribution in [0.3, 0.4) is 0 Å². The van der Waals surface area contributed by atoms with E-state index in [1.165, 1.54) is 29.0 Å². The van der Waals surface area contributed by atoms with Gasteiger partial charge in [0.05, 0.1) is 16.1 Å². The third-order valence-corrected chi connectivity index (χ3v) is 5.61. The van der Waals surface area contributed by atoms with Crippen molar-refractivity contribution in [2.75, 3.05) is 18.4 Å². The highest BCUT2D eigenvalue weighted by molar-refractivity contribution is 7.22. The molecule has 1 fully saturated rings. The molecule has 4 rings (SSSR count). The van der Waals surface area contributed by atoms with Gasteiger partial charge in [0.1, 0.15) is 5.82 Å². The quantitative estimate of drug-likeness (QED) is 0.734. The first-order chi connectivity index (χ1) is 13.1. The number of hydrogen-bond donors (Lipinski definition) is 1. The average Bonchev–Trinajstić information content (AvgIpc) is 3.23. The van der Waals surface area contributed by atoms with Crippen LogP contribution in [-0.4, -0.2) is 34.8 Å². The minimum Gasteiger partial charge on any atom is -0.342 e. The van der Waals surface area contributed by atoms with Crippen molar-refractivity contribution in [3.63, 3.8) is 0 Å². The first kappa shape index (κ1) is 17.6. The van der Waals surface area contributed by atoms with Crippen LogP contribution in [0.5, 0.6) is 0 Å². The number of anilines is 1. The molecule has 2 amide bonds. The average molecular weight is 383 g/mol. The summed E-state index contributed by atoms with van der Waals surface area (Å²) < 4.78 is 14.0. The number of fused-ring (bicyclic) bond motifs is 1. The number of carbonyl (C=O) groups is 2. The molecule has 0 radical (unpaired) electrons. The molecule has 7 heteroatoms. The second kappa shape index (κ2) is 7.44. The molecule has 1 aromatic heterocycles. The van der Waals surface area contributed by atoms with Crippen LogP contribution in [0, 0.1) is 11.7 Å². The van der Waals surface area contributed by atoms with Crippen molar-refractivity contribution in [2.45, 2.75) is 12.8 Å². The maximum Gasteiger partial charge on any atom is 0.231 e. The molecule has 2 aromatic carbocycles. The molecule has 27 heavy (non-hydrogen) atoms. The van der Waals surface area contributed by atoms with E-state index in [4.69, 9.17) is 0 Å². The number of thiazole rings is 1. The van der Waals surface area contributed by atoms with Crippen LogP contribution >= 0.6 is 11.3 Å². The molecule has 2 heterocycles. The summed E-state index contributed by atoms with van der Waals surface area (Å²) in [6.07, 6.45) is 0.977. The van der Waals surface area contributed by atoms with Gasteiger partial charge in [-0.2, -0.15) is 0 Å². The van der Waals surface area contributed by atoms with E-state index < -0.39 is 5.92 Å². The van der Waals surface area contributed by atoms with Crippen LogP contribution in [0.2, 0.25) is 0 Å². The van der Waals surface area contributed by atoms with E-state index in [-0.39, 0.29) is 24.1 Å². The SMILES string of the molecule is O=C(Nc1nc2ccc(F)cc2s1)[C@@H]1CC(=O)N(CCc2ccccc2)C1. The zero-order valence-corrected chi connectivity index (χ0v) is 15.3. The lowest BCUT2D eigenvalue weighted by molar-refractivity contribution is -0.128. The van der Waals surface area contributed by atoms with Gasteiger partial charge in [0, 0.05) is 19.5 Å². The summed E-state index contributed by atoms with van der Waals surface area (Å²) in [5, 5.41) is 3.20. The Kier molecular flexibility index (Phi) is 4.85. The molecule has 1 N–H and O–H groups in total. The highest BCUT2D eigenvalue weighted by atomic mass is 32.1. The first-order valence-corrected chi connectivity index (χ1v) is 9.59. The summed E-state index contributed by atoms with van der Waals surface area (Å²) in [5.41, 5.74) is 1.81. The van der Waals surface area contributed by atoms with Gasteiger partial charge >= 0.3 is 0 Å². The van der Waals surface area contributed by atoms with Gasteiger partial charge in [-0.1, -0.05) is 41.7 Å². The Labute approximate surface area is 159 Å². The van der Waals surface area contributed by atoms with Crippen LogP contribution in [0.1, 0.15) is 12.0 Å². The van der Waals surface area contributed by atoms with E-state index in [0.717, 1.165) is 6.42 Å². The summed E-state index contributed by atoms with van der Waals surface area (Å²) >= 11 is 1.23. The minimum absolute atomic E-state index is 0.00236. The number of halogens is 1. The summed E-state index contributed by atoms with van der Waals surface area (Å²) in [5.74, 6) is -0.945. The number of rotatable bonds is 5. The monoisotopic (exact) mass is 383 g/mol. The van der Waals surface area contributed by atoms with Gasteiger partial charge in [0.2, 0.25) is 11.8 Å². The van der Waals surface area contributed by atoms with Gasteiger partial charge in [-0.25, -0.2) is 9.37 Å². The van der Waals surface area contributed by atoms with E-state index in [1.54, 1.807) is 11.0 Å². The second-order valence-corrected chi connectivity index (χ2v) is 7.63. The molecule has 1 saturated heterocycles. The topological polar surface area (TPSA) is 62.3 Å². The predicted octanol–water partition coefficient (Wildman–Crippen LogP) is 3.47. The van der Waals surface area contributed by atoms with Gasteiger partial charge in [-0.3, -0.25) is 9.59 Å². The number of carbonyl (C=O) groups excluding carboxylic acids is 2. The van der Waals surface area contributed by atoms with E-state index in [9.17, 15) is 14.0 Å². The molecular formula is C20H18FN3O2S. The van der Waals surface area contributed by atoms with Crippen LogP contribution in [0.4, 0.5) is 9.52 Å². The van der Waals surface area contributed by atoms with Crippen LogP contribution in [-0.2, 0) is 16.0 Å². The van der Waals surface area contributed by atoms with Crippen molar-refractivity contribution >= 4 is 38.5 Å². The summed E-state index contributed by atoms with van der Waals surface area (Å²) in [4.78, 5) is 30.8. The molecule has 0 bridgehead atoms. The highest BCUT2D eigenvalue weighted by Crippen LogP contribution is 2.28. The van der Waals surface area contributed by atoms with E-state index >= 15 is 0 Å². The normalized spacial score (nSPS) is 16.9. The third kappa shape index (κ3) is 3.98. The van der Waals surface area contributed by atoms with Crippen molar-refractivity contribution in [3.05, 3.63) is 59.9 Å². The predicted molar refractivity (Wildman–Crippen MR) is 103 cm³/mol. The molecule has 138 valence electrons. The maximum absolute atomic E-state index is 13.3. The molecule has 1 aliphatic rings. The van der Waals surface area contributed by atoms with Gasteiger partial charge in [-0.15, -0.1) is 0 Å². The van der Waals surface area contributed by atoms with Crippen LogP contribution < -0.4 is 5.32 Å². The lowest BCUT2D eigenvalue weighted by Crippen LogP contribution is -2.30. The van der Waals surface area contributed by atoms with Gasteiger partial charge in [0.15, 0.2) is 5.13 Å². The molecule has 3 aromatic rings. The van der Waals surface area contributed by atoms with Crippen molar-refractivity contribution in [1.82, 2.24) is 9.88 Å². The Hall–Kier alpha value is -2.80. The van der Waals surface area contributed by atoms with Crippen molar-refractivity contribution in [1.29, 1.82) is 0 Å². The van der Waals surface area contributed by atoms with E-state index in [2.05, 4.69) is 10.3 Å². The summed E-state index contributed by atoms with van der Waals surface area (Å²) in [6, 6.07) is 14.3. The molecule has 0 aliphatic carbocycles. The van der Waals surface area contributed by atoms with E-state index in [1.807, 2.05) is 30.3 Å². The minimum atomic E-state index is -0.392. The lowest BCUT2D eigenvalue weighted by atomic mass is 10.1. The molecular weight excluding hydrogens is 365 g/mol. The Bertz CT molecular complexity index is 989. The van der Waals surface area contributed by atoms with Gasteiger partial charge < -0.3 is 10.2 Å². The van der Waals surface area contributed by atoms with E-state index in [0.29, 0.717) is 28.4 Å². The molecule has 5 nitrogen and oxygen atoms in total. The maximum atomic E-state index is 13.3. The number of aromatic nitrogens is 1. The molecule has 0 unspecified atom stereocenters. The zero-order chi connectivity index (χ0) is 18.8. The number of likely N-dealkylation sites (tertiary alicyclic amines) is 1. The van der Waals surface area contributed by atoms with Crippen LogP contribution in [0.25, 0.3) is 10.2 Å². The fourth-order valence-corrected chi connectivity index (χ4v) is 4.13. The Balaban J connectivity index is 1.36. The standard InChI is InChI=1S/C20H18FN3O2S/c21-15-6-7-16-17(11-15)27-20(22-16)23-19(26)14-10-18(25)24(12-14)9-8-13-4-2-1-3-5-13/h1-7,11,14H,8-10,12H2,(H,22,23,26)/t14-/m1/s1. The largest absolute Gasteiger partial charge is 0.342 e. The number of benzene rings is 2. The first-order valence-electron chi connectivity index (χ1n) is 8.77. The summed E-state index contributed by atoms with van der Waals surface area (Å²) in [6.45, 7) is 1.02. The van der Waals surface area contributed by atoms with Crippen molar-refractivity contribution in [2.24, 2.45) is 5.92 Å². The molecule has 0 spiro atoms. The van der Waals surface area contributed by atoms with Crippen LogP contribution in [0.15, 0.2) is 48.5 Å². The fraction of sp³-hybridized carbons (Fsp3) is 0.250.